The Morgan fingerprint density at radius 3 is 2.53 bits per heavy atom. The van der Waals surface area contributed by atoms with E-state index in [9.17, 15) is 5.11 Å². The van der Waals surface area contributed by atoms with E-state index in [4.69, 9.17) is 5.73 Å². The van der Waals surface area contributed by atoms with Gasteiger partial charge in [-0.1, -0.05) is 37.3 Å². The Hall–Kier alpha value is -1.72. The zero-order chi connectivity index (χ0) is 13.8. The molecule has 0 bridgehead atoms. The number of rotatable bonds is 5. The minimum atomic E-state index is -0.666. The van der Waals surface area contributed by atoms with Gasteiger partial charge < -0.3 is 10.8 Å². The number of aliphatic hydroxyl groups excluding tert-OH is 1. The molecule has 1 heterocycles. The fourth-order valence-electron chi connectivity index (χ4n) is 2.20. The second-order valence-corrected chi connectivity index (χ2v) is 4.99. The quantitative estimate of drug-likeness (QED) is 0.854. The molecule has 102 valence electrons. The highest BCUT2D eigenvalue weighted by molar-refractivity contribution is 5.32. The van der Waals surface area contributed by atoms with Gasteiger partial charge in [0.25, 0.3) is 0 Å². The first-order chi connectivity index (χ1) is 9.15. The van der Waals surface area contributed by atoms with Gasteiger partial charge in [-0.3, -0.25) is 0 Å². The van der Waals surface area contributed by atoms with Crippen molar-refractivity contribution < 1.29 is 5.11 Å². The molecule has 5 heteroatoms. The monoisotopic (exact) mass is 260 g/mol. The smallest absolute Gasteiger partial charge is 0.102 e. The summed E-state index contributed by atoms with van der Waals surface area (Å²) < 4.78 is 1.66. The Morgan fingerprint density at radius 2 is 1.95 bits per heavy atom. The Morgan fingerprint density at radius 1 is 1.26 bits per heavy atom. The van der Waals surface area contributed by atoms with E-state index in [1.807, 2.05) is 30.3 Å². The Bertz CT molecular complexity index is 509. The van der Waals surface area contributed by atoms with Crippen molar-refractivity contribution in [1.82, 2.24) is 15.0 Å². The summed E-state index contributed by atoms with van der Waals surface area (Å²) in [6.07, 6.45) is 0.933. The summed E-state index contributed by atoms with van der Waals surface area (Å²) in [4.78, 5) is 0. The second kappa shape index (κ2) is 5.95. The van der Waals surface area contributed by atoms with Gasteiger partial charge in [0.2, 0.25) is 0 Å². The molecule has 0 amide bonds. The lowest BCUT2D eigenvalue weighted by Crippen LogP contribution is -2.28. The van der Waals surface area contributed by atoms with Crippen molar-refractivity contribution in [2.75, 3.05) is 6.54 Å². The fourth-order valence-corrected chi connectivity index (χ4v) is 2.20. The average molecular weight is 260 g/mol. The van der Waals surface area contributed by atoms with Gasteiger partial charge in [-0.25, -0.2) is 4.68 Å². The molecule has 2 aromatic rings. The first-order valence-electron chi connectivity index (χ1n) is 6.49. The molecule has 0 fully saturated rings. The van der Waals surface area contributed by atoms with Crippen LogP contribution < -0.4 is 5.73 Å². The molecule has 5 nitrogen and oxygen atoms in total. The lowest BCUT2D eigenvalue weighted by atomic mass is 9.89. The van der Waals surface area contributed by atoms with E-state index < -0.39 is 6.10 Å². The molecule has 0 radical (unpaired) electrons. The molecular formula is C14H20N4O. The van der Waals surface area contributed by atoms with Crippen molar-refractivity contribution in [2.24, 2.45) is 17.6 Å². The van der Waals surface area contributed by atoms with Crippen LogP contribution in [-0.4, -0.2) is 26.6 Å². The van der Waals surface area contributed by atoms with Crippen LogP contribution in [0.5, 0.6) is 0 Å². The molecule has 2 rings (SSSR count). The molecule has 1 aromatic heterocycles. The van der Waals surface area contributed by atoms with Gasteiger partial charge in [0.05, 0.1) is 17.6 Å². The number of benzene rings is 1. The lowest BCUT2D eigenvalue weighted by Gasteiger charge is -2.25. The third kappa shape index (κ3) is 2.83. The first kappa shape index (κ1) is 13.7. The SMILES string of the molecule is CC(C)C(CN)C(O)c1cnnn1-c1ccccc1. The van der Waals surface area contributed by atoms with Crippen LogP contribution in [0.1, 0.15) is 25.6 Å². The van der Waals surface area contributed by atoms with Gasteiger partial charge in [-0.05, 0) is 24.6 Å². The van der Waals surface area contributed by atoms with Crippen LogP contribution in [0.25, 0.3) is 5.69 Å². The molecule has 19 heavy (non-hydrogen) atoms. The van der Waals surface area contributed by atoms with Crippen molar-refractivity contribution >= 4 is 0 Å². The largest absolute Gasteiger partial charge is 0.386 e. The standard InChI is InChI=1S/C14H20N4O/c1-10(2)12(8-15)14(19)13-9-16-17-18(13)11-6-4-3-5-7-11/h3-7,9-10,12,14,19H,8,15H2,1-2H3. The number of hydrogen-bond acceptors (Lipinski definition) is 4. The van der Waals surface area contributed by atoms with Crippen molar-refractivity contribution in [3.63, 3.8) is 0 Å². The molecule has 0 saturated carbocycles. The van der Waals surface area contributed by atoms with E-state index in [2.05, 4.69) is 24.2 Å². The van der Waals surface area contributed by atoms with E-state index in [1.165, 1.54) is 0 Å². The molecule has 3 N–H and O–H groups in total. The number of aromatic nitrogens is 3. The summed E-state index contributed by atoms with van der Waals surface area (Å²) in [5.41, 5.74) is 7.32. The van der Waals surface area contributed by atoms with Crippen LogP contribution in [0.15, 0.2) is 36.5 Å². The van der Waals surface area contributed by atoms with Crippen LogP contribution in [0.2, 0.25) is 0 Å². The van der Waals surface area contributed by atoms with Crippen molar-refractivity contribution in [3.05, 3.63) is 42.2 Å². The summed E-state index contributed by atoms with van der Waals surface area (Å²) in [5.74, 6) is 0.278. The summed E-state index contributed by atoms with van der Waals surface area (Å²) in [5, 5.41) is 18.5. The minimum absolute atomic E-state index is 0.0130. The topological polar surface area (TPSA) is 77.0 Å². The molecule has 2 unspecified atom stereocenters. The number of para-hydroxylation sites is 1. The van der Waals surface area contributed by atoms with E-state index in [1.54, 1.807) is 10.9 Å². The molecule has 0 spiro atoms. The predicted molar refractivity (Wildman–Crippen MR) is 73.7 cm³/mol. The van der Waals surface area contributed by atoms with Gasteiger partial charge >= 0.3 is 0 Å². The summed E-state index contributed by atoms with van der Waals surface area (Å²) in [6, 6.07) is 9.65. The summed E-state index contributed by atoms with van der Waals surface area (Å²) in [6.45, 7) is 4.54. The summed E-state index contributed by atoms with van der Waals surface area (Å²) in [7, 11) is 0. The van der Waals surface area contributed by atoms with Crippen LogP contribution in [0.3, 0.4) is 0 Å². The van der Waals surface area contributed by atoms with Crippen molar-refractivity contribution in [3.8, 4) is 5.69 Å². The van der Waals surface area contributed by atoms with Crippen LogP contribution >= 0.6 is 0 Å². The lowest BCUT2D eigenvalue weighted by molar-refractivity contribution is 0.0801. The van der Waals surface area contributed by atoms with E-state index in [-0.39, 0.29) is 5.92 Å². The number of hydrogen-bond donors (Lipinski definition) is 2. The maximum absolute atomic E-state index is 10.5. The van der Waals surface area contributed by atoms with Crippen molar-refractivity contribution in [2.45, 2.75) is 20.0 Å². The Balaban J connectivity index is 2.34. The molecule has 0 saturated heterocycles. The number of aliphatic hydroxyl groups is 1. The highest BCUT2D eigenvalue weighted by Crippen LogP contribution is 2.27. The van der Waals surface area contributed by atoms with E-state index >= 15 is 0 Å². The normalized spacial score (nSPS) is 14.6. The average Bonchev–Trinajstić information content (AvgIpc) is 2.89. The van der Waals surface area contributed by atoms with Crippen LogP contribution in [0.4, 0.5) is 0 Å². The molecular weight excluding hydrogens is 240 g/mol. The maximum atomic E-state index is 10.5. The number of nitrogens with two attached hydrogens (primary N) is 1. The zero-order valence-corrected chi connectivity index (χ0v) is 11.3. The van der Waals surface area contributed by atoms with Gasteiger partial charge in [0, 0.05) is 5.92 Å². The molecule has 0 aliphatic rings. The van der Waals surface area contributed by atoms with E-state index in [0.717, 1.165) is 5.69 Å². The third-order valence-corrected chi connectivity index (χ3v) is 3.41. The van der Waals surface area contributed by atoms with Crippen LogP contribution in [0, 0.1) is 11.8 Å². The number of nitrogens with zero attached hydrogens (tertiary/aromatic N) is 3. The van der Waals surface area contributed by atoms with Crippen LogP contribution in [-0.2, 0) is 0 Å². The fraction of sp³-hybridized carbons (Fsp3) is 0.429. The molecule has 0 aliphatic heterocycles. The first-order valence-corrected chi connectivity index (χ1v) is 6.49. The van der Waals surface area contributed by atoms with Crippen molar-refractivity contribution in [1.29, 1.82) is 0 Å². The molecule has 0 aliphatic carbocycles. The highest BCUT2D eigenvalue weighted by Gasteiger charge is 2.26. The summed E-state index contributed by atoms with van der Waals surface area (Å²) >= 11 is 0. The predicted octanol–water partition coefficient (Wildman–Crippen LogP) is 1.53. The van der Waals surface area contributed by atoms with Gasteiger partial charge in [-0.2, -0.15) is 0 Å². The second-order valence-electron chi connectivity index (χ2n) is 4.99. The molecule has 2 atom stereocenters. The van der Waals surface area contributed by atoms with Gasteiger partial charge in [0.15, 0.2) is 0 Å². The van der Waals surface area contributed by atoms with Gasteiger partial charge in [0.1, 0.15) is 6.10 Å². The Labute approximate surface area is 113 Å². The Kier molecular flexibility index (Phi) is 4.29. The maximum Gasteiger partial charge on any atom is 0.102 e. The third-order valence-electron chi connectivity index (χ3n) is 3.41. The van der Waals surface area contributed by atoms with E-state index in [0.29, 0.717) is 18.2 Å². The minimum Gasteiger partial charge on any atom is -0.386 e. The highest BCUT2D eigenvalue weighted by atomic mass is 16.3. The molecule has 1 aromatic carbocycles. The van der Waals surface area contributed by atoms with Gasteiger partial charge in [-0.15, -0.1) is 5.10 Å². The zero-order valence-electron chi connectivity index (χ0n) is 11.3.